The van der Waals surface area contributed by atoms with E-state index in [9.17, 15) is 19.5 Å². The highest BCUT2D eigenvalue weighted by Crippen LogP contribution is 2.40. The van der Waals surface area contributed by atoms with Crippen LogP contribution in [0.25, 0.3) is 0 Å². The second-order valence-corrected chi connectivity index (χ2v) is 6.91. The summed E-state index contributed by atoms with van der Waals surface area (Å²) in [6.45, 7) is 1.32. The summed E-state index contributed by atoms with van der Waals surface area (Å²) in [4.78, 5) is 36.1. The maximum Gasteiger partial charge on any atom is 0.339 e. The average Bonchev–Trinajstić information content (AvgIpc) is 2.89. The van der Waals surface area contributed by atoms with Crippen LogP contribution in [0, 0.1) is 5.92 Å². The largest absolute Gasteiger partial charge is 0.478 e. The van der Waals surface area contributed by atoms with E-state index in [-0.39, 0.29) is 28.2 Å². The molecule has 3 rings (SSSR count). The van der Waals surface area contributed by atoms with Crippen molar-refractivity contribution < 1.29 is 19.5 Å². The van der Waals surface area contributed by atoms with Crippen molar-refractivity contribution in [3.8, 4) is 0 Å². The lowest BCUT2D eigenvalue weighted by molar-refractivity contribution is -0.114. The van der Waals surface area contributed by atoms with E-state index in [0.717, 1.165) is 16.9 Å². The number of anilines is 1. The first kappa shape index (κ1) is 16.4. The molecular weight excluding hydrogens is 326 g/mol. The van der Waals surface area contributed by atoms with Crippen LogP contribution in [0.5, 0.6) is 0 Å². The Bertz CT molecular complexity index is 810. The van der Waals surface area contributed by atoms with Crippen molar-refractivity contribution in [2.75, 3.05) is 5.32 Å². The zero-order valence-electron chi connectivity index (χ0n) is 13.2. The molecule has 1 aromatic carbocycles. The predicted octanol–water partition coefficient (Wildman–Crippen LogP) is 3.39. The molecule has 0 radical (unpaired) electrons. The maximum atomic E-state index is 12.8. The van der Waals surface area contributed by atoms with Crippen LogP contribution in [0.4, 0.5) is 5.00 Å². The molecule has 124 valence electrons. The second-order valence-electron chi connectivity index (χ2n) is 5.89. The number of benzene rings is 1. The van der Waals surface area contributed by atoms with Gasteiger partial charge in [0, 0.05) is 12.8 Å². The molecule has 1 atom stereocenters. The number of amides is 1. The summed E-state index contributed by atoms with van der Waals surface area (Å²) >= 11 is 1.08. The molecule has 1 aliphatic rings. The molecule has 0 bridgehead atoms. The molecule has 1 aliphatic carbocycles. The topological polar surface area (TPSA) is 83.5 Å². The van der Waals surface area contributed by atoms with Gasteiger partial charge in [-0.05, 0) is 30.4 Å². The van der Waals surface area contributed by atoms with E-state index in [0.29, 0.717) is 29.7 Å². The van der Waals surface area contributed by atoms with Crippen LogP contribution in [0.15, 0.2) is 30.3 Å². The summed E-state index contributed by atoms with van der Waals surface area (Å²) in [5.74, 6) is -1.62. The highest BCUT2D eigenvalue weighted by Gasteiger charge is 2.34. The third-order valence-corrected chi connectivity index (χ3v) is 5.33. The Morgan fingerprint density at radius 3 is 2.62 bits per heavy atom. The van der Waals surface area contributed by atoms with Crippen molar-refractivity contribution >= 4 is 34.0 Å². The Kier molecular flexibility index (Phi) is 4.49. The molecule has 0 aliphatic heterocycles. The maximum absolute atomic E-state index is 12.8. The number of carboxylic acid groups (broad SMARTS) is 1. The first-order chi connectivity index (χ1) is 11.5. The van der Waals surface area contributed by atoms with Crippen LogP contribution in [0.3, 0.4) is 0 Å². The first-order valence-electron chi connectivity index (χ1n) is 7.72. The summed E-state index contributed by atoms with van der Waals surface area (Å²) < 4.78 is 0. The number of ketones is 1. The molecule has 0 spiro atoms. The van der Waals surface area contributed by atoms with Gasteiger partial charge in [0.1, 0.15) is 5.00 Å². The number of hydrogen-bond donors (Lipinski definition) is 2. The van der Waals surface area contributed by atoms with Crippen molar-refractivity contribution in [3.05, 3.63) is 51.9 Å². The van der Waals surface area contributed by atoms with Crippen molar-refractivity contribution in [2.24, 2.45) is 5.92 Å². The van der Waals surface area contributed by atoms with Crippen molar-refractivity contribution in [1.29, 1.82) is 0 Å². The number of hydrogen-bond acceptors (Lipinski definition) is 4. The SMILES string of the molecule is CC(=O)Nc1sc2c(c1C(=O)O)CCC(Cc1ccccc1)C2=O. The summed E-state index contributed by atoms with van der Waals surface area (Å²) in [5, 5.41) is 12.3. The average molecular weight is 343 g/mol. The van der Waals surface area contributed by atoms with Gasteiger partial charge in [-0.15, -0.1) is 11.3 Å². The molecule has 6 heteroatoms. The zero-order chi connectivity index (χ0) is 17.3. The van der Waals surface area contributed by atoms with Gasteiger partial charge in [-0.3, -0.25) is 9.59 Å². The van der Waals surface area contributed by atoms with Gasteiger partial charge in [0.25, 0.3) is 0 Å². The lowest BCUT2D eigenvalue weighted by Gasteiger charge is -2.21. The van der Waals surface area contributed by atoms with E-state index < -0.39 is 5.97 Å². The first-order valence-corrected chi connectivity index (χ1v) is 8.53. The van der Waals surface area contributed by atoms with Gasteiger partial charge < -0.3 is 10.4 Å². The van der Waals surface area contributed by atoms with E-state index in [1.54, 1.807) is 0 Å². The summed E-state index contributed by atoms with van der Waals surface area (Å²) in [5.41, 5.74) is 1.72. The number of rotatable bonds is 4. The highest BCUT2D eigenvalue weighted by molar-refractivity contribution is 7.18. The molecule has 1 unspecified atom stereocenters. The molecule has 2 N–H and O–H groups in total. The molecule has 1 heterocycles. The number of carboxylic acids is 1. The van der Waals surface area contributed by atoms with Crippen LogP contribution in [0.2, 0.25) is 0 Å². The van der Waals surface area contributed by atoms with Crippen LogP contribution < -0.4 is 5.32 Å². The standard InChI is InChI=1S/C18H17NO4S/c1-10(20)19-17-14(18(22)23)13-8-7-12(15(21)16(13)24-17)9-11-5-3-2-4-6-11/h2-6,12H,7-9H2,1H3,(H,19,20)(H,22,23). The molecule has 5 nitrogen and oxygen atoms in total. The lowest BCUT2D eigenvalue weighted by atomic mass is 9.82. The fourth-order valence-corrected chi connectivity index (χ4v) is 4.41. The zero-order valence-corrected chi connectivity index (χ0v) is 14.0. The van der Waals surface area contributed by atoms with Gasteiger partial charge >= 0.3 is 5.97 Å². The third kappa shape index (κ3) is 3.10. The smallest absolute Gasteiger partial charge is 0.339 e. The van der Waals surface area contributed by atoms with Crippen LogP contribution >= 0.6 is 11.3 Å². The molecule has 24 heavy (non-hydrogen) atoms. The number of carbonyl (C=O) groups is 3. The molecule has 0 saturated carbocycles. The van der Waals surface area contributed by atoms with Gasteiger partial charge in [-0.25, -0.2) is 4.79 Å². The van der Waals surface area contributed by atoms with Gasteiger partial charge in [-0.1, -0.05) is 30.3 Å². The molecular formula is C18H17NO4S. The lowest BCUT2D eigenvalue weighted by Crippen LogP contribution is -2.24. The Labute approximate surface area is 143 Å². The number of carbonyl (C=O) groups excluding carboxylic acids is 2. The van der Waals surface area contributed by atoms with E-state index in [1.165, 1.54) is 6.92 Å². The van der Waals surface area contributed by atoms with Gasteiger partial charge in [-0.2, -0.15) is 0 Å². The number of nitrogens with one attached hydrogen (secondary N) is 1. The van der Waals surface area contributed by atoms with Crippen LogP contribution in [-0.4, -0.2) is 22.8 Å². The quantitative estimate of drug-likeness (QED) is 0.891. The Morgan fingerprint density at radius 2 is 2.00 bits per heavy atom. The van der Waals surface area contributed by atoms with Crippen molar-refractivity contribution in [1.82, 2.24) is 0 Å². The number of thiophene rings is 1. The molecule has 1 amide bonds. The minimum atomic E-state index is -1.11. The van der Waals surface area contributed by atoms with Gasteiger partial charge in [0.05, 0.1) is 10.4 Å². The molecule has 0 saturated heterocycles. The third-order valence-electron chi connectivity index (χ3n) is 4.17. The molecule has 2 aromatic rings. The minimum absolute atomic E-state index is 0.0239. The summed E-state index contributed by atoms with van der Waals surface area (Å²) in [6.07, 6.45) is 1.81. The van der Waals surface area contributed by atoms with Gasteiger partial charge in [0.15, 0.2) is 5.78 Å². The number of fused-ring (bicyclic) bond motifs is 1. The second kappa shape index (κ2) is 6.57. The summed E-state index contributed by atoms with van der Waals surface area (Å²) in [7, 11) is 0. The van der Waals surface area contributed by atoms with Crippen LogP contribution in [0.1, 0.15) is 44.5 Å². The minimum Gasteiger partial charge on any atom is -0.478 e. The fourth-order valence-electron chi connectivity index (χ4n) is 3.11. The summed E-state index contributed by atoms with van der Waals surface area (Å²) in [6, 6.07) is 9.79. The molecule has 0 fully saturated rings. The Hall–Kier alpha value is -2.47. The normalized spacial score (nSPS) is 16.5. The van der Waals surface area contributed by atoms with Gasteiger partial charge in [0.2, 0.25) is 5.91 Å². The van der Waals surface area contributed by atoms with Crippen molar-refractivity contribution in [2.45, 2.75) is 26.2 Å². The van der Waals surface area contributed by atoms with Crippen molar-refractivity contribution in [3.63, 3.8) is 0 Å². The molecule has 1 aromatic heterocycles. The Balaban J connectivity index is 1.93. The van der Waals surface area contributed by atoms with Crippen LogP contribution in [-0.2, 0) is 17.6 Å². The van der Waals surface area contributed by atoms with E-state index in [4.69, 9.17) is 0 Å². The monoisotopic (exact) mass is 343 g/mol. The van der Waals surface area contributed by atoms with E-state index >= 15 is 0 Å². The van der Waals surface area contributed by atoms with E-state index in [1.807, 2.05) is 30.3 Å². The number of aromatic carboxylic acids is 1. The predicted molar refractivity (Wildman–Crippen MR) is 91.9 cm³/mol. The number of Topliss-reactive ketones (excluding diaryl/α,β-unsaturated/α-hetero) is 1. The Morgan fingerprint density at radius 1 is 1.29 bits per heavy atom. The van der Waals surface area contributed by atoms with E-state index in [2.05, 4.69) is 5.32 Å². The highest BCUT2D eigenvalue weighted by atomic mass is 32.1. The fraction of sp³-hybridized carbons (Fsp3) is 0.278.